The van der Waals surface area contributed by atoms with Gasteiger partial charge >= 0.3 is 0 Å². The van der Waals surface area contributed by atoms with Crippen LogP contribution in [0.1, 0.15) is 13.8 Å². The molecule has 0 N–H and O–H groups in total. The summed E-state index contributed by atoms with van der Waals surface area (Å²) in [6.45, 7) is 11.7. The van der Waals surface area contributed by atoms with E-state index in [-0.39, 0.29) is 0 Å². The Balaban J connectivity index is 3.90. The van der Waals surface area contributed by atoms with Gasteiger partial charge in [0.2, 0.25) is 0 Å². The molecule has 0 atom stereocenters. The minimum absolute atomic E-state index is 0.504. The molecule has 0 rings (SSSR count). The summed E-state index contributed by atoms with van der Waals surface area (Å²) in [4.78, 5) is 0.766. The van der Waals surface area contributed by atoms with E-state index >= 15 is 0 Å². The summed E-state index contributed by atoms with van der Waals surface area (Å²) >= 11 is 4.02. The summed E-state index contributed by atoms with van der Waals surface area (Å²) in [6.07, 6.45) is 3.80. The lowest BCUT2D eigenvalue weighted by molar-refractivity contribution is 0.795. The van der Waals surface area contributed by atoms with Gasteiger partial charge in [0.15, 0.2) is 0 Å². The molecule has 0 amide bonds. The van der Waals surface area contributed by atoms with E-state index in [1.165, 1.54) is 0 Å². The van der Waals surface area contributed by atoms with Crippen molar-refractivity contribution in [1.82, 2.24) is 0 Å². The molecule has 0 aliphatic rings. The smallest absolute Gasteiger partial charge is 0.00319 e. The van der Waals surface area contributed by atoms with Crippen LogP contribution in [0.15, 0.2) is 35.8 Å². The zero-order valence-corrected chi connectivity index (χ0v) is 7.49. The Morgan fingerprint density at radius 3 is 2.10 bits per heavy atom. The summed E-state index contributed by atoms with van der Waals surface area (Å²) < 4.78 is 0. The minimum atomic E-state index is 0.504. The second kappa shape index (κ2) is 4.40. The second-order valence-corrected chi connectivity index (χ2v) is 3.13. The lowest BCUT2D eigenvalue weighted by Gasteiger charge is -2.01. The highest BCUT2D eigenvalue weighted by molar-refractivity contribution is 7.84. The number of hydrogen-bond acceptors (Lipinski definition) is 1. The number of allylic oxidation sites excluding steroid dienone is 3. The monoisotopic (exact) mass is 154 g/mol. The highest BCUT2D eigenvalue weighted by atomic mass is 32.1. The van der Waals surface area contributed by atoms with Gasteiger partial charge in [-0.1, -0.05) is 38.7 Å². The molecule has 0 aromatic rings. The van der Waals surface area contributed by atoms with E-state index in [4.69, 9.17) is 0 Å². The van der Waals surface area contributed by atoms with Crippen LogP contribution >= 0.6 is 12.6 Å². The van der Waals surface area contributed by atoms with E-state index in [0.717, 1.165) is 10.5 Å². The third kappa shape index (κ3) is 4.45. The summed E-state index contributed by atoms with van der Waals surface area (Å²) in [5.74, 6) is 0.504. The molecule has 0 spiro atoms. The van der Waals surface area contributed by atoms with Gasteiger partial charge in [-0.2, -0.15) is 0 Å². The third-order valence-corrected chi connectivity index (χ3v) is 1.38. The first-order valence-corrected chi connectivity index (χ1v) is 3.73. The van der Waals surface area contributed by atoms with Gasteiger partial charge < -0.3 is 0 Å². The molecule has 0 fully saturated rings. The van der Waals surface area contributed by atoms with Crippen LogP contribution in [0.2, 0.25) is 0 Å². The molecule has 0 heterocycles. The maximum atomic E-state index is 4.02. The van der Waals surface area contributed by atoms with Crippen LogP contribution < -0.4 is 0 Å². The zero-order chi connectivity index (χ0) is 8.15. The van der Waals surface area contributed by atoms with Gasteiger partial charge in [-0.05, 0) is 16.9 Å². The van der Waals surface area contributed by atoms with Gasteiger partial charge in [-0.25, -0.2) is 0 Å². The largest absolute Gasteiger partial charge is 0.144 e. The van der Waals surface area contributed by atoms with E-state index in [1.807, 2.05) is 12.2 Å². The van der Waals surface area contributed by atoms with Crippen LogP contribution in [0.25, 0.3) is 0 Å². The first-order valence-electron chi connectivity index (χ1n) is 3.28. The molecule has 0 saturated carbocycles. The van der Waals surface area contributed by atoms with Crippen molar-refractivity contribution < 1.29 is 0 Å². The minimum Gasteiger partial charge on any atom is -0.144 e. The molecule has 56 valence electrons. The van der Waals surface area contributed by atoms with E-state index < -0.39 is 0 Å². The predicted octanol–water partition coefficient (Wildman–Crippen LogP) is 3.20. The molecule has 0 aliphatic carbocycles. The quantitative estimate of drug-likeness (QED) is 0.468. The topological polar surface area (TPSA) is 0 Å². The van der Waals surface area contributed by atoms with Gasteiger partial charge in [-0.3, -0.25) is 0 Å². The fourth-order valence-corrected chi connectivity index (χ4v) is 0.470. The third-order valence-electron chi connectivity index (χ3n) is 1.23. The molecule has 0 unspecified atom stereocenters. The lowest BCUT2D eigenvalue weighted by Crippen LogP contribution is -1.86. The fourth-order valence-electron chi connectivity index (χ4n) is 0.396. The van der Waals surface area contributed by atoms with Crippen molar-refractivity contribution in [2.45, 2.75) is 13.8 Å². The summed E-state index contributed by atoms with van der Waals surface area (Å²) in [7, 11) is 0. The Labute approximate surface area is 68.7 Å². The standard InChI is InChI=1S/C9H14S/c1-7(2)8(3)5-6-9(4)10/h5-7,10H,3-4H2,1-2H3/b6-5-. The van der Waals surface area contributed by atoms with E-state index in [0.29, 0.717) is 5.92 Å². The molecule has 0 aromatic heterocycles. The van der Waals surface area contributed by atoms with Crippen molar-refractivity contribution in [2.24, 2.45) is 5.92 Å². The average molecular weight is 154 g/mol. The van der Waals surface area contributed by atoms with Crippen molar-refractivity contribution in [3.63, 3.8) is 0 Å². The molecule has 0 saturated heterocycles. The normalized spacial score (nSPS) is 10.8. The number of rotatable bonds is 3. The molecule has 0 bridgehead atoms. The number of hydrogen-bond donors (Lipinski definition) is 1. The second-order valence-electron chi connectivity index (χ2n) is 2.55. The van der Waals surface area contributed by atoms with Gasteiger partial charge in [0.25, 0.3) is 0 Å². The maximum Gasteiger partial charge on any atom is -0.00319 e. The van der Waals surface area contributed by atoms with Crippen LogP contribution in [0, 0.1) is 5.92 Å². The Kier molecular flexibility index (Phi) is 4.21. The maximum absolute atomic E-state index is 4.02. The van der Waals surface area contributed by atoms with Gasteiger partial charge in [0, 0.05) is 0 Å². The first-order chi connectivity index (χ1) is 4.54. The van der Waals surface area contributed by atoms with Gasteiger partial charge in [0.1, 0.15) is 0 Å². The highest BCUT2D eigenvalue weighted by Gasteiger charge is 1.92. The van der Waals surface area contributed by atoms with Crippen LogP contribution in [0.5, 0.6) is 0 Å². The highest BCUT2D eigenvalue weighted by Crippen LogP contribution is 2.09. The van der Waals surface area contributed by atoms with Gasteiger partial charge in [0.05, 0.1) is 0 Å². The predicted molar refractivity (Wildman–Crippen MR) is 51.2 cm³/mol. The van der Waals surface area contributed by atoms with Crippen LogP contribution in [0.4, 0.5) is 0 Å². The van der Waals surface area contributed by atoms with Crippen LogP contribution in [0.3, 0.4) is 0 Å². The van der Waals surface area contributed by atoms with Gasteiger partial charge in [-0.15, -0.1) is 12.6 Å². The molecule has 0 aliphatic heterocycles. The SMILES string of the molecule is C=C(S)/C=C\C(=C)C(C)C. The Bertz CT molecular complexity index is 164. The van der Waals surface area contributed by atoms with Crippen molar-refractivity contribution in [2.75, 3.05) is 0 Å². The Morgan fingerprint density at radius 2 is 1.80 bits per heavy atom. The molecule has 1 heteroatoms. The van der Waals surface area contributed by atoms with Crippen molar-refractivity contribution in [3.8, 4) is 0 Å². The zero-order valence-electron chi connectivity index (χ0n) is 6.59. The van der Waals surface area contributed by atoms with Crippen molar-refractivity contribution >= 4 is 12.6 Å². The molecule has 10 heavy (non-hydrogen) atoms. The first kappa shape index (κ1) is 9.57. The summed E-state index contributed by atoms with van der Waals surface area (Å²) in [5, 5.41) is 0. The molecule has 0 aromatic carbocycles. The number of thiol groups is 1. The molecular formula is C9H14S. The Hall–Kier alpha value is -0.430. The lowest BCUT2D eigenvalue weighted by atomic mass is 10.1. The fraction of sp³-hybridized carbons (Fsp3) is 0.333. The Morgan fingerprint density at radius 1 is 1.30 bits per heavy atom. The molecule has 0 nitrogen and oxygen atoms in total. The van der Waals surface area contributed by atoms with Crippen molar-refractivity contribution in [1.29, 1.82) is 0 Å². The molecular weight excluding hydrogens is 140 g/mol. The average Bonchev–Trinajstić information content (AvgIpc) is 1.82. The van der Waals surface area contributed by atoms with Crippen LogP contribution in [-0.2, 0) is 0 Å². The summed E-state index contributed by atoms with van der Waals surface area (Å²) in [6, 6.07) is 0. The molecule has 0 radical (unpaired) electrons. The van der Waals surface area contributed by atoms with E-state index in [1.54, 1.807) is 0 Å². The summed E-state index contributed by atoms with van der Waals surface area (Å²) in [5.41, 5.74) is 1.11. The van der Waals surface area contributed by atoms with E-state index in [2.05, 4.69) is 39.6 Å². The van der Waals surface area contributed by atoms with Crippen LogP contribution in [-0.4, -0.2) is 0 Å². The van der Waals surface area contributed by atoms with E-state index in [9.17, 15) is 0 Å². The van der Waals surface area contributed by atoms with Crippen molar-refractivity contribution in [3.05, 3.63) is 35.8 Å².